The fraction of sp³-hybridized carbons (Fsp3) is 0.417. The van der Waals surface area contributed by atoms with E-state index in [1.165, 1.54) is 35.6 Å². The molecule has 0 spiro atoms. The minimum atomic E-state index is -3.35. The summed E-state index contributed by atoms with van der Waals surface area (Å²) in [6.45, 7) is 1.65. The summed E-state index contributed by atoms with van der Waals surface area (Å²) in [5, 5.41) is 19.0. The molecule has 1 aromatic carbocycles. The number of aliphatic hydroxyl groups excluding tert-OH is 1. The van der Waals surface area contributed by atoms with Crippen molar-refractivity contribution in [2.75, 3.05) is 51.0 Å². The summed E-state index contributed by atoms with van der Waals surface area (Å²) in [5.74, 6) is 0.154. The first-order valence-corrected chi connectivity index (χ1v) is 14.3. The van der Waals surface area contributed by atoms with Gasteiger partial charge in [0.05, 0.1) is 10.1 Å². The number of sulfone groups is 1. The van der Waals surface area contributed by atoms with Crippen LogP contribution in [0.5, 0.6) is 0 Å². The maximum absolute atomic E-state index is 13.2. The van der Waals surface area contributed by atoms with Crippen molar-refractivity contribution >= 4 is 54.1 Å². The fourth-order valence-electron chi connectivity index (χ4n) is 3.37. The summed E-state index contributed by atoms with van der Waals surface area (Å²) in [6, 6.07) is 9.70. The fourth-order valence-corrected chi connectivity index (χ4v) is 5.86. The van der Waals surface area contributed by atoms with Gasteiger partial charge in [0, 0.05) is 31.7 Å². The Hall–Kier alpha value is -3.13. The van der Waals surface area contributed by atoms with Gasteiger partial charge in [0.1, 0.15) is 22.8 Å². The van der Waals surface area contributed by atoms with Crippen LogP contribution >= 0.6 is 11.3 Å². The second-order valence-corrected chi connectivity index (χ2v) is 12.0. The molecule has 1 saturated carbocycles. The van der Waals surface area contributed by atoms with Crippen molar-refractivity contribution in [1.82, 2.24) is 14.9 Å². The van der Waals surface area contributed by atoms with Crippen LogP contribution in [0, 0.1) is 0 Å². The van der Waals surface area contributed by atoms with Gasteiger partial charge in [-0.1, -0.05) is 28.6 Å². The number of amides is 1. The van der Waals surface area contributed by atoms with Gasteiger partial charge in [0.2, 0.25) is 0 Å². The molecule has 1 aliphatic rings. The van der Waals surface area contributed by atoms with Crippen LogP contribution in [0.2, 0.25) is 0 Å². The molecular weight excluding hydrogens is 516 g/mol. The molecular formula is C24H30N6O5S2. The summed E-state index contributed by atoms with van der Waals surface area (Å²) >= 11 is 1.23. The van der Waals surface area contributed by atoms with Crippen LogP contribution in [0.3, 0.4) is 0 Å². The lowest BCUT2D eigenvalue weighted by atomic mass is 10.1. The minimum absolute atomic E-state index is 0.0356. The molecule has 1 amide bonds. The molecule has 1 fully saturated rings. The van der Waals surface area contributed by atoms with Crippen molar-refractivity contribution in [3.8, 4) is 0 Å². The average Bonchev–Trinajstić information content (AvgIpc) is 3.65. The SMILES string of the molecule is CN(C)CCNc1ccc2nc(NC(=O)/C(=N/OCCCO)c3ccc(S(=O)(=O)C4CC4)cc3)sc2n1. The number of nitrogens with one attached hydrogen (secondary N) is 2. The third-order valence-corrected chi connectivity index (χ3v) is 8.68. The Morgan fingerprint density at radius 2 is 1.95 bits per heavy atom. The Morgan fingerprint density at radius 1 is 1.19 bits per heavy atom. The van der Waals surface area contributed by atoms with Crippen LogP contribution in [0.4, 0.5) is 10.9 Å². The third-order valence-electron chi connectivity index (χ3n) is 5.53. The van der Waals surface area contributed by atoms with E-state index < -0.39 is 15.7 Å². The topological polar surface area (TPSA) is 146 Å². The van der Waals surface area contributed by atoms with Gasteiger partial charge in [-0.25, -0.2) is 18.4 Å². The summed E-state index contributed by atoms with van der Waals surface area (Å²) in [6.07, 6.45) is 1.69. The second kappa shape index (κ2) is 11.9. The highest BCUT2D eigenvalue weighted by molar-refractivity contribution is 7.92. The Kier molecular flexibility index (Phi) is 8.69. The number of benzene rings is 1. The second-order valence-electron chi connectivity index (χ2n) is 8.84. The highest BCUT2D eigenvalue weighted by atomic mass is 32.2. The Labute approximate surface area is 219 Å². The first-order chi connectivity index (χ1) is 17.8. The zero-order chi connectivity index (χ0) is 26.4. The molecule has 3 aromatic rings. The smallest absolute Gasteiger partial charge is 0.280 e. The number of carbonyl (C=O) groups excluding carboxylic acids is 1. The number of rotatable bonds is 13. The predicted octanol–water partition coefficient (Wildman–Crippen LogP) is 2.34. The number of thiazole rings is 1. The van der Waals surface area contributed by atoms with Gasteiger partial charge in [0.25, 0.3) is 5.91 Å². The normalized spacial score (nSPS) is 14.2. The number of pyridine rings is 1. The molecule has 13 heteroatoms. The lowest BCUT2D eigenvalue weighted by molar-refractivity contribution is -0.110. The highest BCUT2D eigenvalue weighted by Crippen LogP contribution is 2.33. The quantitative estimate of drug-likeness (QED) is 0.167. The molecule has 0 aliphatic heterocycles. The van der Waals surface area contributed by atoms with Crippen molar-refractivity contribution in [1.29, 1.82) is 0 Å². The van der Waals surface area contributed by atoms with E-state index in [0.717, 1.165) is 18.9 Å². The van der Waals surface area contributed by atoms with Crippen LogP contribution < -0.4 is 10.6 Å². The van der Waals surface area contributed by atoms with Gasteiger partial charge >= 0.3 is 0 Å². The molecule has 0 bridgehead atoms. The number of hydrogen-bond acceptors (Lipinski definition) is 11. The number of anilines is 2. The maximum Gasteiger partial charge on any atom is 0.280 e. The number of fused-ring (bicyclic) bond motifs is 1. The van der Waals surface area contributed by atoms with Gasteiger partial charge < -0.3 is 20.2 Å². The lowest BCUT2D eigenvalue weighted by Crippen LogP contribution is -2.24. The number of oxime groups is 1. The van der Waals surface area contributed by atoms with Gasteiger partial charge in [-0.3, -0.25) is 10.1 Å². The molecule has 2 aromatic heterocycles. The van der Waals surface area contributed by atoms with Crippen molar-refractivity contribution in [3.05, 3.63) is 42.0 Å². The summed E-state index contributed by atoms with van der Waals surface area (Å²) < 4.78 is 25.0. The molecule has 0 atom stereocenters. The van der Waals surface area contributed by atoms with Crippen LogP contribution in [-0.2, 0) is 19.5 Å². The van der Waals surface area contributed by atoms with E-state index in [1.54, 1.807) is 0 Å². The van der Waals surface area contributed by atoms with E-state index in [9.17, 15) is 13.2 Å². The number of aliphatic hydroxyl groups is 1. The summed E-state index contributed by atoms with van der Waals surface area (Å²) in [4.78, 5) is 30.3. The first kappa shape index (κ1) is 26.9. The lowest BCUT2D eigenvalue weighted by Gasteiger charge is -2.10. The molecule has 0 saturated heterocycles. The van der Waals surface area contributed by atoms with Crippen molar-refractivity contribution in [2.24, 2.45) is 5.16 Å². The predicted molar refractivity (Wildman–Crippen MR) is 144 cm³/mol. The molecule has 11 nitrogen and oxygen atoms in total. The molecule has 0 radical (unpaired) electrons. The number of likely N-dealkylation sites (N-methyl/N-ethyl adjacent to an activating group) is 1. The van der Waals surface area contributed by atoms with Crippen molar-refractivity contribution in [2.45, 2.75) is 29.4 Å². The molecule has 2 heterocycles. The third kappa shape index (κ3) is 7.01. The van der Waals surface area contributed by atoms with E-state index in [4.69, 9.17) is 9.94 Å². The molecule has 3 N–H and O–H groups in total. The summed E-state index contributed by atoms with van der Waals surface area (Å²) in [7, 11) is 0.640. The monoisotopic (exact) mass is 546 g/mol. The van der Waals surface area contributed by atoms with Crippen LogP contribution in [0.15, 0.2) is 46.4 Å². The van der Waals surface area contributed by atoms with Gasteiger partial charge in [0.15, 0.2) is 20.7 Å². The van der Waals surface area contributed by atoms with Crippen LogP contribution in [0.25, 0.3) is 10.3 Å². The van der Waals surface area contributed by atoms with Crippen molar-refractivity contribution < 1.29 is 23.2 Å². The number of carbonyl (C=O) groups is 1. The average molecular weight is 547 g/mol. The van der Waals surface area contributed by atoms with Gasteiger partial charge in [-0.15, -0.1) is 0 Å². The first-order valence-electron chi connectivity index (χ1n) is 11.9. The Morgan fingerprint density at radius 3 is 2.62 bits per heavy atom. The Bertz CT molecular complexity index is 1370. The van der Waals surface area contributed by atoms with Crippen molar-refractivity contribution in [3.63, 3.8) is 0 Å². The molecule has 0 unspecified atom stereocenters. The molecule has 198 valence electrons. The minimum Gasteiger partial charge on any atom is -0.396 e. The number of nitrogens with zero attached hydrogens (tertiary/aromatic N) is 4. The van der Waals surface area contributed by atoms with E-state index >= 15 is 0 Å². The van der Waals surface area contributed by atoms with E-state index in [-0.39, 0.29) is 29.1 Å². The Balaban J connectivity index is 1.51. The largest absolute Gasteiger partial charge is 0.396 e. The standard InChI is InChI=1S/C24H30N6O5S2/c1-30(2)13-12-25-20-11-10-19-23(27-20)36-24(26-19)28-22(32)21(29-35-15-3-14-31)16-4-6-17(7-5-16)37(33,34)18-8-9-18/h4-7,10-11,18,31H,3,8-9,12-15H2,1-2H3,(H,25,27)(H,26,28,32)/b29-21+. The van der Waals surface area contributed by atoms with E-state index in [0.29, 0.717) is 40.3 Å². The molecule has 1 aliphatic carbocycles. The maximum atomic E-state index is 13.2. The zero-order valence-electron chi connectivity index (χ0n) is 20.7. The van der Waals surface area contributed by atoms with E-state index in [1.807, 2.05) is 26.2 Å². The van der Waals surface area contributed by atoms with Gasteiger partial charge in [-0.2, -0.15) is 0 Å². The van der Waals surface area contributed by atoms with Crippen LogP contribution in [-0.4, -0.2) is 85.7 Å². The van der Waals surface area contributed by atoms with Gasteiger partial charge in [-0.05, 0) is 51.2 Å². The highest BCUT2D eigenvalue weighted by Gasteiger charge is 2.36. The molecule has 4 rings (SSSR count). The zero-order valence-corrected chi connectivity index (χ0v) is 22.3. The number of hydrogen-bond donors (Lipinski definition) is 3. The summed E-state index contributed by atoms with van der Waals surface area (Å²) in [5.41, 5.74) is 1.00. The van der Waals surface area contributed by atoms with E-state index in [2.05, 4.69) is 30.7 Å². The number of aromatic nitrogens is 2. The molecule has 37 heavy (non-hydrogen) atoms. The van der Waals surface area contributed by atoms with Crippen LogP contribution in [0.1, 0.15) is 24.8 Å².